The van der Waals surface area contributed by atoms with Crippen LogP contribution in [-0.2, 0) is 11.3 Å². The van der Waals surface area contributed by atoms with E-state index in [4.69, 9.17) is 10.5 Å². The maximum atomic E-state index is 11.4. The Bertz CT molecular complexity index is 809. The molecule has 1 aliphatic heterocycles. The first kappa shape index (κ1) is 24.6. The SMILES string of the molecule is CCNC(=NCc1cccc(C(N)=O)c1)NCC(c1cccs1)N1CCOCC1.I. The molecular formula is C21H30IN5O2S. The number of amides is 1. The number of nitrogens with two attached hydrogens (primary N) is 1. The number of halogens is 1. The first-order chi connectivity index (χ1) is 14.2. The highest BCUT2D eigenvalue weighted by Crippen LogP contribution is 2.25. The number of guanidine groups is 1. The lowest BCUT2D eigenvalue weighted by Gasteiger charge is -2.34. The van der Waals surface area contributed by atoms with Gasteiger partial charge in [0.25, 0.3) is 0 Å². The normalized spacial score (nSPS) is 15.8. The topological polar surface area (TPSA) is 92.0 Å². The van der Waals surface area contributed by atoms with Gasteiger partial charge in [-0.05, 0) is 36.1 Å². The van der Waals surface area contributed by atoms with E-state index < -0.39 is 5.91 Å². The zero-order chi connectivity index (χ0) is 20.5. The van der Waals surface area contributed by atoms with Crippen molar-refractivity contribution in [2.24, 2.45) is 10.7 Å². The molecule has 1 atom stereocenters. The van der Waals surface area contributed by atoms with Crippen molar-refractivity contribution in [3.05, 3.63) is 57.8 Å². The number of nitrogens with zero attached hydrogens (tertiary/aromatic N) is 2. The third kappa shape index (κ3) is 7.22. The molecule has 0 radical (unpaired) electrons. The number of rotatable bonds is 8. The summed E-state index contributed by atoms with van der Waals surface area (Å²) in [4.78, 5) is 19.9. The van der Waals surface area contributed by atoms with Gasteiger partial charge in [-0.1, -0.05) is 18.2 Å². The predicted octanol–water partition coefficient (Wildman–Crippen LogP) is 2.59. The summed E-state index contributed by atoms with van der Waals surface area (Å²) in [7, 11) is 0. The summed E-state index contributed by atoms with van der Waals surface area (Å²) in [6.07, 6.45) is 0. The van der Waals surface area contributed by atoms with Gasteiger partial charge in [0.2, 0.25) is 5.91 Å². The predicted molar refractivity (Wildman–Crippen MR) is 133 cm³/mol. The van der Waals surface area contributed by atoms with Gasteiger partial charge >= 0.3 is 0 Å². The van der Waals surface area contributed by atoms with Gasteiger partial charge in [-0.3, -0.25) is 9.69 Å². The first-order valence-electron chi connectivity index (χ1n) is 9.93. The van der Waals surface area contributed by atoms with E-state index in [0.717, 1.165) is 50.9 Å². The molecule has 1 amide bonds. The monoisotopic (exact) mass is 543 g/mol. The molecule has 4 N–H and O–H groups in total. The van der Waals surface area contributed by atoms with Crippen molar-refractivity contribution in [3.8, 4) is 0 Å². The molecule has 2 heterocycles. The summed E-state index contributed by atoms with van der Waals surface area (Å²) in [5.74, 6) is 0.331. The summed E-state index contributed by atoms with van der Waals surface area (Å²) in [5, 5.41) is 8.91. The molecule has 2 aromatic rings. The molecule has 164 valence electrons. The molecule has 1 aliphatic rings. The van der Waals surface area contributed by atoms with E-state index in [1.54, 1.807) is 23.5 Å². The second kappa shape index (κ2) is 12.9. The summed E-state index contributed by atoms with van der Waals surface area (Å²) < 4.78 is 5.52. The van der Waals surface area contributed by atoms with E-state index in [1.807, 2.05) is 19.1 Å². The van der Waals surface area contributed by atoms with Crippen LogP contribution >= 0.6 is 35.3 Å². The Kier molecular flexibility index (Phi) is 10.6. The molecule has 0 aliphatic carbocycles. The number of thiophene rings is 1. The number of ether oxygens (including phenoxy) is 1. The van der Waals surface area contributed by atoms with Crippen LogP contribution in [0.4, 0.5) is 0 Å². The van der Waals surface area contributed by atoms with Crippen molar-refractivity contribution >= 4 is 47.2 Å². The lowest BCUT2D eigenvalue weighted by Crippen LogP contribution is -2.46. The quantitative estimate of drug-likeness (QED) is 0.271. The number of carbonyl (C=O) groups excluding carboxylic acids is 1. The second-order valence-corrected chi connectivity index (χ2v) is 7.80. The minimum Gasteiger partial charge on any atom is -0.379 e. The van der Waals surface area contributed by atoms with Gasteiger partial charge in [0.1, 0.15) is 0 Å². The number of aliphatic imine (C=N–C) groups is 1. The number of morpholine rings is 1. The number of nitrogens with one attached hydrogen (secondary N) is 2. The van der Waals surface area contributed by atoms with Crippen LogP contribution in [0.5, 0.6) is 0 Å². The van der Waals surface area contributed by atoms with Crippen LogP contribution in [0.15, 0.2) is 46.8 Å². The van der Waals surface area contributed by atoms with E-state index in [2.05, 4.69) is 38.0 Å². The van der Waals surface area contributed by atoms with Crippen LogP contribution in [0.1, 0.15) is 33.8 Å². The molecule has 3 rings (SSSR count). The Hall–Kier alpha value is -1.69. The van der Waals surface area contributed by atoms with Gasteiger partial charge in [-0.25, -0.2) is 4.99 Å². The molecular weight excluding hydrogens is 513 g/mol. The van der Waals surface area contributed by atoms with E-state index in [1.165, 1.54) is 4.88 Å². The minimum absolute atomic E-state index is 0. The average Bonchev–Trinajstić information content (AvgIpc) is 3.27. The van der Waals surface area contributed by atoms with Gasteiger partial charge in [0.15, 0.2) is 5.96 Å². The molecule has 1 fully saturated rings. The maximum Gasteiger partial charge on any atom is 0.248 e. The highest BCUT2D eigenvalue weighted by molar-refractivity contribution is 14.0. The zero-order valence-electron chi connectivity index (χ0n) is 17.2. The number of primary amides is 1. The molecule has 9 heteroatoms. The summed E-state index contributed by atoms with van der Waals surface area (Å²) in [6.45, 7) is 7.44. The van der Waals surface area contributed by atoms with Crippen LogP contribution in [-0.4, -0.2) is 56.2 Å². The first-order valence-corrected chi connectivity index (χ1v) is 10.8. The number of hydrogen-bond donors (Lipinski definition) is 3. The fraction of sp³-hybridized carbons (Fsp3) is 0.429. The Balaban J connectivity index is 0.00000320. The van der Waals surface area contributed by atoms with Gasteiger partial charge < -0.3 is 21.1 Å². The molecule has 0 spiro atoms. The van der Waals surface area contributed by atoms with Crippen molar-refractivity contribution in [2.75, 3.05) is 39.4 Å². The largest absolute Gasteiger partial charge is 0.379 e. The Morgan fingerprint density at radius 3 is 2.73 bits per heavy atom. The zero-order valence-corrected chi connectivity index (χ0v) is 20.3. The summed E-state index contributed by atoms with van der Waals surface area (Å²) in [5.41, 5.74) is 6.82. The molecule has 0 saturated carbocycles. The molecule has 1 aromatic heterocycles. The lowest BCUT2D eigenvalue weighted by molar-refractivity contribution is 0.0177. The Morgan fingerprint density at radius 1 is 1.27 bits per heavy atom. The number of hydrogen-bond acceptors (Lipinski definition) is 5. The van der Waals surface area contributed by atoms with Crippen LogP contribution in [0.2, 0.25) is 0 Å². The minimum atomic E-state index is -0.426. The van der Waals surface area contributed by atoms with Gasteiger partial charge in [-0.2, -0.15) is 0 Å². The van der Waals surface area contributed by atoms with Gasteiger partial charge in [0.05, 0.1) is 25.8 Å². The van der Waals surface area contributed by atoms with Crippen LogP contribution in [0.25, 0.3) is 0 Å². The lowest BCUT2D eigenvalue weighted by atomic mass is 10.1. The number of carbonyl (C=O) groups is 1. The number of benzene rings is 1. The highest BCUT2D eigenvalue weighted by Gasteiger charge is 2.23. The van der Waals surface area contributed by atoms with Crippen molar-refractivity contribution < 1.29 is 9.53 Å². The molecule has 1 aromatic carbocycles. The molecule has 7 nitrogen and oxygen atoms in total. The van der Waals surface area contributed by atoms with Crippen molar-refractivity contribution in [3.63, 3.8) is 0 Å². The van der Waals surface area contributed by atoms with Crippen LogP contribution < -0.4 is 16.4 Å². The summed E-state index contributed by atoms with van der Waals surface area (Å²) >= 11 is 1.78. The third-order valence-electron chi connectivity index (χ3n) is 4.80. The molecule has 1 saturated heterocycles. The summed E-state index contributed by atoms with van der Waals surface area (Å²) in [6, 6.07) is 11.8. The second-order valence-electron chi connectivity index (χ2n) is 6.82. The van der Waals surface area contributed by atoms with Gasteiger partial charge in [-0.15, -0.1) is 35.3 Å². The smallest absolute Gasteiger partial charge is 0.248 e. The van der Waals surface area contributed by atoms with Crippen LogP contribution in [0.3, 0.4) is 0 Å². The van der Waals surface area contributed by atoms with E-state index >= 15 is 0 Å². The standard InChI is InChI=1S/C21H29N5O2S.HI/c1-2-23-21(24-14-16-5-3-6-17(13-16)20(22)27)25-15-18(19-7-4-12-29-19)26-8-10-28-11-9-26;/h3-7,12-13,18H,2,8-11,14-15H2,1H3,(H2,22,27)(H2,23,24,25);1H. The van der Waals surface area contributed by atoms with Crippen molar-refractivity contribution in [2.45, 2.75) is 19.5 Å². The average molecular weight is 543 g/mol. The third-order valence-corrected chi connectivity index (χ3v) is 5.77. The van der Waals surface area contributed by atoms with Gasteiger partial charge in [0, 0.05) is 36.6 Å². The van der Waals surface area contributed by atoms with E-state index in [0.29, 0.717) is 12.1 Å². The Labute approximate surface area is 199 Å². The molecule has 1 unspecified atom stereocenters. The van der Waals surface area contributed by atoms with Crippen molar-refractivity contribution in [1.82, 2.24) is 15.5 Å². The molecule has 0 bridgehead atoms. The molecule has 30 heavy (non-hydrogen) atoms. The van der Waals surface area contributed by atoms with E-state index in [9.17, 15) is 4.79 Å². The fourth-order valence-corrected chi connectivity index (χ4v) is 4.17. The Morgan fingerprint density at radius 2 is 2.07 bits per heavy atom. The highest BCUT2D eigenvalue weighted by atomic mass is 127. The van der Waals surface area contributed by atoms with Crippen molar-refractivity contribution in [1.29, 1.82) is 0 Å². The van der Waals surface area contributed by atoms with Crippen LogP contribution in [0, 0.1) is 0 Å². The van der Waals surface area contributed by atoms with E-state index in [-0.39, 0.29) is 30.0 Å². The maximum absolute atomic E-state index is 11.4. The fourth-order valence-electron chi connectivity index (χ4n) is 3.31.